The Morgan fingerprint density at radius 3 is 2.42 bits per heavy atom. The summed E-state index contributed by atoms with van der Waals surface area (Å²) in [5.74, 6) is -0.800. The van der Waals surface area contributed by atoms with E-state index in [-0.39, 0.29) is 43.7 Å². The summed E-state index contributed by atoms with van der Waals surface area (Å²) in [5.41, 5.74) is 2.62. The molecule has 3 aromatic carbocycles. The van der Waals surface area contributed by atoms with E-state index in [1.54, 1.807) is 32.4 Å². The first-order valence-corrected chi connectivity index (χ1v) is 11.7. The fourth-order valence-corrected chi connectivity index (χ4v) is 4.17. The van der Waals surface area contributed by atoms with E-state index in [0.717, 1.165) is 32.5 Å². The van der Waals surface area contributed by atoms with E-state index < -0.39 is 5.97 Å². The Balaban J connectivity index is 1.22. The molecule has 0 aliphatic carbocycles. The molecular formula is C28H28N2O6. The molecule has 0 N–H and O–H groups in total. The Morgan fingerprint density at radius 1 is 0.917 bits per heavy atom. The molecule has 8 heteroatoms. The van der Waals surface area contributed by atoms with Crippen LogP contribution in [0.3, 0.4) is 0 Å². The maximum absolute atomic E-state index is 12.5. The molecule has 3 aromatic rings. The van der Waals surface area contributed by atoms with Crippen LogP contribution in [-0.2, 0) is 20.9 Å². The van der Waals surface area contributed by atoms with Gasteiger partial charge in [0.1, 0.15) is 5.75 Å². The van der Waals surface area contributed by atoms with Crippen molar-refractivity contribution < 1.29 is 28.7 Å². The summed E-state index contributed by atoms with van der Waals surface area (Å²) in [6.07, 6.45) is 0.257. The molecule has 0 saturated heterocycles. The van der Waals surface area contributed by atoms with E-state index in [2.05, 4.69) is 0 Å². The van der Waals surface area contributed by atoms with Crippen molar-refractivity contribution in [2.75, 3.05) is 27.3 Å². The van der Waals surface area contributed by atoms with Crippen molar-refractivity contribution in [2.24, 2.45) is 0 Å². The minimum absolute atomic E-state index is 0.00242. The third-order valence-corrected chi connectivity index (χ3v) is 6.20. The predicted octanol–water partition coefficient (Wildman–Crippen LogP) is 3.73. The highest BCUT2D eigenvalue weighted by atomic mass is 16.5. The number of imide groups is 1. The number of fused-ring (bicyclic) bond motifs is 2. The van der Waals surface area contributed by atoms with Gasteiger partial charge in [0.2, 0.25) is 0 Å². The number of likely N-dealkylation sites (N-methyl/N-ethyl adjacent to an activating group) is 1. The third kappa shape index (κ3) is 5.38. The lowest BCUT2D eigenvalue weighted by Crippen LogP contribution is -2.32. The van der Waals surface area contributed by atoms with Crippen LogP contribution in [0.25, 0.3) is 10.8 Å². The van der Waals surface area contributed by atoms with Crippen molar-refractivity contribution in [3.63, 3.8) is 0 Å². The largest absolute Gasteiger partial charge is 0.497 e. The van der Waals surface area contributed by atoms with Crippen LogP contribution in [0.2, 0.25) is 0 Å². The van der Waals surface area contributed by atoms with Gasteiger partial charge in [-0.1, -0.05) is 29.8 Å². The zero-order chi connectivity index (χ0) is 25.8. The summed E-state index contributed by atoms with van der Waals surface area (Å²) < 4.78 is 10.4. The number of aryl methyl sites for hydroxylation is 1. The number of benzene rings is 3. The summed E-state index contributed by atoms with van der Waals surface area (Å²) in [4.78, 5) is 52.2. The van der Waals surface area contributed by atoms with Crippen molar-refractivity contribution in [2.45, 2.75) is 26.3 Å². The maximum Gasteiger partial charge on any atom is 0.306 e. The molecule has 4 rings (SSSR count). The monoisotopic (exact) mass is 488 g/mol. The van der Waals surface area contributed by atoms with Crippen molar-refractivity contribution in [1.82, 2.24) is 9.80 Å². The van der Waals surface area contributed by atoms with Gasteiger partial charge in [0.05, 0.1) is 18.2 Å². The zero-order valence-electron chi connectivity index (χ0n) is 20.6. The zero-order valence-corrected chi connectivity index (χ0v) is 20.6. The maximum atomic E-state index is 12.5. The van der Waals surface area contributed by atoms with Gasteiger partial charge in [0.15, 0.2) is 6.61 Å². The molecule has 0 spiro atoms. The van der Waals surface area contributed by atoms with Gasteiger partial charge in [0.25, 0.3) is 17.7 Å². The average molecular weight is 489 g/mol. The average Bonchev–Trinajstić information content (AvgIpc) is 3.10. The molecular weight excluding hydrogens is 460 g/mol. The number of carbonyl (C=O) groups is 4. The first-order valence-electron chi connectivity index (χ1n) is 11.7. The summed E-state index contributed by atoms with van der Waals surface area (Å²) >= 11 is 0. The highest BCUT2D eigenvalue weighted by Gasteiger charge is 2.35. The summed E-state index contributed by atoms with van der Waals surface area (Å²) in [6.45, 7) is 1.97. The van der Waals surface area contributed by atoms with E-state index >= 15 is 0 Å². The number of amides is 3. The molecule has 3 amide bonds. The minimum atomic E-state index is -0.552. The van der Waals surface area contributed by atoms with Gasteiger partial charge >= 0.3 is 5.97 Å². The Hall–Kier alpha value is -4.20. The second kappa shape index (κ2) is 10.6. The molecule has 1 aliphatic rings. The van der Waals surface area contributed by atoms with Gasteiger partial charge in [-0.25, -0.2) is 0 Å². The Labute approximate surface area is 209 Å². The van der Waals surface area contributed by atoms with Crippen LogP contribution in [0.15, 0.2) is 54.6 Å². The number of esters is 1. The van der Waals surface area contributed by atoms with Crippen molar-refractivity contribution in [1.29, 1.82) is 0 Å². The second-order valence-corrected chi connectivity index (χ2v) is 8.87. The number of rotatable bonds is 9. The van der Waals surface area contributed by atoms with Crippen molar-refractivity contribution in [3.8, 4) is 5.75 Å². The molecule has 0 unspecified atom stereocenters. The van der Waals surface area contributed by atoms with Crippen molar-refractivity contribution >= 4 is 34.5 Å². The van der Waals surface area contributed by atoms with Crippen LogP contribution in [0.4, 0.5) is 0 Å². The van der Waals surface area contributed by atoms with Crippen molar-refractivity contribution in [3.05, 3.63) is 76.9 Å². The molecule has 0 saturated carbocycles. The highest BCUT2D eigenvalue weighted by molar-refractivity contribution is 6.21. The number of hydrogen-bond acceptors (Lipinski definition) is 6. The van der Waals surface area contributed by atoms with Crippen LogP contribution in [0.1, 0.15) is 44.7 Å². The lowest BCUT2D eigenvalue weighted by molar-refractivity contribution is -0.151. The lowest BCUT2D eigenvalue weighted by Gasteiger charge is -2.18. The molecule has 186 valence electrons. The van der Waals surface area contributed by atoms with Gasteiger partial charge in [-0.2, -0.15) is 0 Å². The second-order valence-electron chi connectivity index (χ2n) is 8.87. The summed E-state index contributed by atoms with van der Waals surface area (Å²) in [7, 11) is 3.27. The van der Waals surface area contributed by atoms with E-state index in [1.165, 1.54) is 4.90 Å². The summed E-state index contributed by atoms with van der Waals surface area (Å²) in [5, 5.41) is 2.08. The topological polar surface area (TPSA) is 93.2 Å². The van der Waals surface area contributed by atoms with E-state index in [9.17, 15) is 19.2 Å². The molecule has 0 fully saturated rings. The number of carbonyl (C=O) groups excluding carboxylic acids is 4. The van der Waals surface area contributed by atoms with Crippen LogP contribution in [0.5, 0.6) is 5.75 Å². The van der Waals surface area contributed by atoms with Gasteiger partial charge in [-0.05, 0) is 60.0 Å². The minimum Gasteiger partial charge on any atom is -0.497 e. The van der Waals surface area contributed by atoms with Gasteiger partial charge < -0.3 is 14.4 Å². The Kier molecular flexibility index (Phi) is 7.33. The fourth-order valence-electron chi connectivity index (χ4n) is 4.17. The lowest BCUT2D eigenvalue weighted by atomic mass is 10.1. The standard InChI is InChI=1S/C28H28N2O6/c1-18-6-11-23-24(13-18)28(34)30(27(23)33)12-4-5-26(32)36-17-25(31)29(2)16-19-7-8-21-15-22(35-3)10-9-20(21)14-19/h6-11,13-15H,4-5,12,16-17H2,1-3H3. The first kappa shape index (κ1) is 24.9. The van der Waals surface area contributed by atoms with Gasteiger partial charge in [-0.3, -0.25) is 24.1 Å². The smallest absolute Gasteiger partial charge is 0.306 e. The first-order chi connectivity index (χ1) is 17.3. The molecule has 8 nitrogen and oxygen atoms in total. The molecule has 1 heterocycles. The molecule has 0 radical (unpaired) electrons. The van der Waals surface area contributed by atoms with Gasteiger partial charge in [0, 0.05) is 26.6 Å². The van der Waals surface area contributed by atoms with E-state index in [0.29, 0.717) is 17.7 Å². The molecule has 0 aromatic heterocycles. The quantitative estimate of drug-likeness (QED) is 0.337. The fraction of sp³-hybridized carbons (Fsp3) is 0.286. The molecule has 0 bridgehead atoms. The Morgan fingerprint density at radius 2 is 1.64 bits per heavy atom. The third-order valence-electron chi connectivity index (χ3n) is 6.20. The molecule has 36 heavy (non-hydrogen) atoms. The van der Waals surface area contributed by atoms with E-state index in [1.807, 2.05) is 43.3 Å². The molecule has 0 atom stereocenters. The number of ether oxygens (including phenoxy) is 2. The SMILES string of the molecule is COc1ccc2cc(CN(C)C(=O)COC(=O)CCCN3C(=O)c4ccc(C)cc4C3=O)ccc2c1. The van der Waals surface area contributed by atoms with Crippen LogP contribution >= 0.6 is 0 Å². The summed E-state index contributed by atoms with van der Waals surface area (Å²) in [6, 6.07) is 16.8. The Bertz CT molecular complexity index is 1350. The number of methoxy groups -OCH3 is 1. The highest BCUT2D eigenvalue weighted by Crippen LogP contribution is 2.24. The van der Waals surface area contributed by atoms with Crippen LogP contribution in [0, 0.1) is 6.92 Å². The van der Waals surface area contributed by atoms with Crippen LogP contribution in [-0.4, -0.2) is 60.8 Å². The molecule has 1 aliphatic heterocycles. The normalized spacial score (nSPS) is 12.6. The number of hydrogen-bond donors (Lipinski definition) is 0. The number of nitrogens with zero attached hydrogens (tertiary/aromatic N) is 2. The predicted molar refractivity (Wildman–Crippen MR) is 134 cm³/mol. The van der Waals surface area contributed by atoms with Gasteiger partial charge in [-0.15, -0.1) is 0 Å². The van der Waals surface area contributed by atoms with Crippen LogP contribution < -0.4 is 4.74 Å². The van der Waals surface area contributed by atoms with E-state index in [4.69, 9.17) is 9.47 Å².